The van der Waals surface area contributed by atoms with Crippen molar-refractivity contribution in [3.8, 4) is 0 Å². The van der Waals surface area contributed by atoms with Crippen molar-refractivity contribution in [3.63, 3.8) is 0 Å². The summed E-state index contributed by atoms with van der Waals surface area (Å²) in [7, 11) is 3.34. The molecule has 6 heteroatoms. The van der Waals surface area contributed by atoms with Crippen molar-refractivity contribution < 1.29 is 19.4 Å². The summed E-state index contributed by atoms with van der Waals surface area (Å²) in [5.41, 5.74) is -0.557. The van der Waals surface area contributed by atoms with Crippen LogP contribution >= 0.6 is 0 Å². The SMILES string of the molecule is COCCCN(C)C(=O)NC1(CC(=O)O)CCCC1. The number of nitrogens with one attached hydrogen (secondary N) is 1. The molecule has 1 aliphatic carbocycles. The van der Waals surface area contributed by atoms with Gasteiger partial charge in [0.1, 0.15) is 0 Å². The van der Waals surface area contributed by atoms with Crippen molar-refractivity contribution in [2.75, 3.05) is 27.3 Å². The van der Waals surface area contributed by atoms with Gasteiger partial charge in [-0.1, -0.05) is 12.8 Å². The Bertz CT molecular complexity index is 314. The molecule has 0 unspecified atom stereocenters. The molecule has 0 aliphatic heterocycles. The minimum atomic E-state index is -0.857. The number of rotatable bonds is 7. The van der Waals surface area contributed by atoms with Crippen LogP contribution in [0.25, 0.3) is 0 Å². The van der Waals surface area contributed by atoms with E-state index in [-0.39, 0.29) is 12.5 Å². The van der Waals surface area contributed by atoms with Gasteiger partial charge in [-0.25, -0.2) is 4.79 Å². The van der Waals surface area contributed by atoms with Gasteiger partial charge in [-0.2, -0.15) is 0 Å². The zero-order valence-corrected chi connectivity index (χ0v) is 11.8. The molecule has 1 rings (SSSR count). The molecular formula is C13H24N2O4. The standard InChI is InChI=1S/C13H24N2O4/c1-15(8-5-9-19-2)12(18)14-13(10-11(16)17)6-3-4-7-13/h3-10H2,1-2H3,(H,14,18)(H,16,17). The molecule has 1 aliphatic rings. The lowest BCUT2D eigenvalue weighted by Gasteiger charge is -2.31. The Labute approximate surface area is 114 Å². The third kappa shape index (κ3) is 5.06. The second-order valence-corrected chi connectivity index (χ2v) is 5.26. The molecule has 0 spiro atoms. The molecular weight excluding hydrogens is 248 g/mol. The average Bonchev–Trinajstić information content (AvgIpc) is 2.76. The molecule has 1 fully saturated rings. The van der Waals surface area contributed by atoms with E-state index in [9.17, 15) is 9.59 Å². The van der Waals surface area contributed by atoms with Crippen molar-refractivity contribution in [3.05, 3.63) is 0 Å². The van der Waals surface area contributed by atoms with Crippen molar-refractivity contribution in [1.29, 1.82) is 0 Å². The van der Waals surface area contributed by atoms with E-state index in [0.29, 0.717) is 13.2 Å². The van der Waals surface area contributed by atoms with Gasteiger partial charge in [-0.3, -0.25) is 4.79 Å². The number of nitrogens with zero attached hydrogens (tertiary/aromatic N) is 1. The zero-order valence-electron chi connectivity index (χ0n) is 11.8. The number of carbonyl (C=O) groups is 2. The number of urea groups is 1. The predicted molar refractivity (Wildman–Crippen MR) is 71.1 cm³/mol. The fourth-order valence-electron chi connectivity index (χ4n) is 2.56. The second-order valence-electron chi connectivity index (χ2n) is 5.26. The Hall–Kier alpha value is -1.30. The molecule has 6 nitrogen and oxygen atoms in total. The van der Waals surface area contributed by atoms with Crippen LogP contribution in [-0.4, -0.2) is 54.9 Å². The van der Waals surface area contributed by atoms with E-state index in [1.54, 1.807) is 19.1 Å². The smallest absolute Gasteiger partial charge is 0.317 e. The quantitative estimate of drug-likeness (QED) is 0.688. The van der Waals surface area contributed by atoms with Crippen LogP contribution in [0.2, 0.25) is 0 Å². The molecule has 0 heterocycles. The molecule has 110 valence electrons. The van der Waals surface area contributed by atoms with E-state index in [1.807, 2.05) is 0 Å². The van der Waals surface area contributed by atoms with Gasteiger partial charge in [0, 0.05) is 27.3 Å². The van der Waals surface area contributed by atoms with E-state index in [4.69, 9.17) is 9.84 Å². The lowest BCUT2D eigenvalue weighted by atomic mass is 9.93. The first kappa shape index (κ1) is 15.8. The Morgan fingerprint density at radius 3 is 2.53 bits per heavy atom. The number of carboxylic acid groups (broad SMARTS) is 1. The summed E-state index contributed by atoms with van der Waals surface area (Å²) in [4.78, 5) is 24.6. The topological polar surface area (TPSA) is 78.9 Å². The van der Waals surface area contributed by atoms with Gasteiger partial charge >= 0.3 is 12.0 Å². The molecule has 1 saturated carbocycles. The van der Waals surface area contributed by atoms with Crippen molar-refractivity contribution in [1.82, 2.24) is 10.2 Å². The van der Waals surface area contributed by atoms with Crippen LogP contribution < -0.4 is 5.32 Å². The first-order valence-corrected chi connectivity index (χ1v) is 6.73. The first-order chi connectivity index (χ1) is 8.99. The predicted octanol–water partition coefficient (Wildman–Crippen LogP) is 1.45. The highest BCUT2D eigenvalue weighted by atomic mass is 16.5. The Balaban J connectivity index is 2.49. The Morgan fingerprint density at radius 2 is 2.00 bits per heavy atom. The monoisotopic (exact) mass is 272 g/mol. The normalized spacial score (nSPS) is 17.2. The third-order valence-electron chi connectivity index (χ3n) is 3.61. The molecule has 0 saturated heterocycles. The summed E-state index contributed by atoms with van der Waals surface area (Å²) >= 11 is 0. The van der Waals surface area contributed by atoms with Crippen LogP contribution in [0.15, 0.2) is 0 Å². The van der Waals surface area contributed by atoms with Crippen LogP contribution in [0.1, 0.15) is 38.5 Å². The number of ether oxygens (including phenoxy) is 1. The fraction of sp³-hybridized carbons (Fsp3) is 0.846. The molecule has 2 amide bonds. The van der Waals surface area contributed by atoms with Gasteiger partial charge < -0.3 is 20.1 Å². The minimum absolute atomic E-state index is 0.00461. The summed E-state index contributed by atoms with van der Waals surface area (Å²) in [6.45, 7) is 1.21. The molecule has 0 bridgehead atoms. The molecule has 2 N–H and O–H groups in total. The summed E-state index contributed by atoms with van der Waals surface area (Å²) < 4.78 is 4.94. The number of aliphatic carboxylic acids is 1. The van der Waals surface area contributed by atoms with Gasteiger partial charge in [0.05, 0.1) is 12.0 Å². The highest BCUT2D eigenvalue weighted by Crippen LogP contribution is 2.32. The summed E-state index contributed by atoms with van der Waals surface area (Å²) in [6.07, 6.45) is 4.22. The van der Waals surface area contributed by atoms with Crippen molar-refractivity contribution >= 4 is 12.0 Å². The van der Waals surface area contributed by atoms with E-state index >= 15 is 0 Å². The number of amides is 2. The molecule has 19 heavy (non-hydrogen) atoms. The van der Waals surface area contributed by atoms with E-state index in [2.05, 4.69) is 5.32 Å². The summed E-state index contributed by atoms with van der Waals surface area (Å²) in [5.74, 6) is -0.857. The third-order valence-corrected chi connectivity index (χ3v) is 3.61. The van der Waals surface area contributed by atoms with Gasteiger partial charge in [0.2, 0.25) is 0 Å². The first-order valence-electron chi connectivity index (χ1n) is 6.73. The lowest BCUT2D eigenvalue weighted by molar-refractivity contribution is -0.138. The molecule has 0 atom stereocenters. The molecule has 0 radical (unpaired) electrons. The maximum Gasteiger partial charge on any atom is 0.317 e. The number of hydrogen-bond donors (Lipinski definition) is 2. The van der Waals surface area contributed by atoms with Gasteiger partial charge in [-0.15, -0.1) is 0 Å². The van der Waals surface area contributed by atoms with Gasteiger partial charge in [0.15, 0.2) is 0 Å². The van der Waals surface area contributed by atoms with Gasteiger partial charge in [-0.05, 0) is 19.3 Å². The van der Waals surface area contributed by atoms with Crippen LogP contribution in [-0.2, 0) is 9.53 Å². The van der Waals surface area contributed by atoms with Crippen LogP contribution in [0.5, 0.6) is 0 Å². The fourth-order valence-corrected chi connectivity index (χ4v) is 2.56. The lowest BCUT2D eigenvalue weighted by Crippen LogP contribution is -2.52. The maximum atomic E-state index is 12.1. The highest BCUT2D eigenvalue weighted by Gasteiger charge is 2.37. The Kier molecular flexibility index (Phi) is 6.08. The zero-order chi connectivity index (χ0) is 14.3. The van der Waals surface area contributed by atoms with E-state index in [1.165, 1.54) is 0 Å². The summed E-state index contributed by atoms with van der Waals surface area (Å²) in [5, 5.41) is 11.9. The van der Waals surface area contributed by atoms with E-state index < -0.39 is 11.5 Å². The van der Waals surface area contributed by atoms with Crippen LogP contribution in [0.3, 0.4) is 0 Å². The van der Waals surface area contributed by atoms with Crippen LogP contribution in [0, 0.1) is 0 Å². The number of methoxy groups -OCH3 is 1. The second kappa shape index (κ2) is 7.33. The van der Waals surface area contributed by atoms with Crippen molar-refractivity contribution in [2.24, 2.45) is 0 Å². The summed E-state index contributed by atoms with van der Waals surface area (Å²) in [6, 6.07) is -0.195. The minimum Gasteiger partial charge on any atom is -0.481 e. The Morgan fingerprint density at radius 1 is 1.37 bits per heavy atom. The average molecular weight is 272 g/mol. The van der Waals surface area contributed by atoms with Gasteiger partial charge in [0.25, 0.3) is 0 Å². The van der Waals surface area contributed by atoms with Crippen LogP contribution in [0.4, 0.5) is 4.79 Å². The number of hydrogen-bond acceptors (Lipinski definition) is 3. The number of carboxylic acids is 1. The molecule has 0 aromatic rings. The highest BCUT2D eigenvalue weighted by molar-refractivity contribution is 5.76. The number of carbonyl (C=O) groups excluding carboxylic acids is 1. The molecule has 0 aromatic carbocycles. The van der Waals surface area contributed by atoms with Crippen molar-refractivity contribution in [2.45, 2.75) is 44.1 Å². The largest absolute Gasteiger partial charge is 0.481 e. The maximum absolute atomic E-state index is 12.1. The van der Waals surface area contributed by atoms with E-state index in [0.717, 1.165) is 32.1 Å². The molecule has 0 aromatic heterocycles.